The van der Waals surface area contributed by atoms with Gasteiger partial charge in [-0.2, -0.15) is 4.98 Å². The van der Waals surface area contributed by atoms with E-state index in [9.17, 15) is 0 Å². The summed E-state index contributed by atoms with van der Waals surface area (Å²) in [6, 6.07) is 7.53. The van der Waals surface area contributed by atoms with Gasteiger partial charge in [-0.1, -0.05) is 15.9 Å². The second-order valence-corrected chi connectivity index (χ2v) is 6.92. The number of ether oxygens (including phenoxy) is 1. The summed E-state index contributed by atoms with van der Waals surface area (Å²) < 4.78 is 8.45. The monoisotopic (exact) mass is 446 g/mol. The summed E-state index contributed by atoms with van der Waals surface area (Å²) in [7, 11) is 0. The normalized spacial score (nSPS) is 14.5. The molecule has 0 unspecified atom stereocenters. The van der Waals surface area contributed by atoms with Crippen LogP contribution in [-0.2, 0) is 0 Å². The fraction of sp³-hybridized carbons (Fsp3) is 0.231. The molecule has 1 heterocycles. The second-order valence-electron chi connectivity index (χ2n) is 4.34. The van der Waals surface area contributed by atoms with Crippen molar-refractivity contribution in [3.8, 4) is 11.6 Å². The van der Waals surface area contributed by atoms with Crippen molar-refractivity contribution in [3.05, 3.63) is 43.6 Å². The van der Waals surface area contributed by atoms with Gasteiger partial charge in [0.15, 0.2) is 0 Å². The molecule has 1 aliphatic rings. The Labute approximate surface area is 136 Å². The molecule has 0 atom stereocenters. The molecule has 0 N–H and O–H groups in total. The van der Waals surface area contributed by atoms with Crippen molar-refractivity contribution in [3.63, 3.8) is 0 Å². The molecular weight excluding hydrogens is 440 g/mol. The van der Waals surface area contributed by atoms with Crippen molar-refractivity contribution >= 4 is 47.8 Å². The van der Waals surface area contributed by atoms with Gasteiger partial charge in [0.05, 0.1) is 4.47 Å². The summed E-state index contributed by atoms with van der Waals surface area (Å²) in [4.78, 5) is 8.84. The molecular formula is C13H9Br3N2O. The van der Waals surface area contributed by atoms with Gasteiger partial charge in [-0.3, -0.25) is 0 Å². The lowest BCUT2D eigenvalue weighted by molar-refractivity contribution is 0.455. The molecule has 1 aliphatic carbocycles. The summed E-state index contributed by atoms with van der Waals surface area (Å²) in [5.41, 5.74) is 0. The van der Waals surface area contributed by atoms with Gasteiger partial charge in [-0.25, -0.2) is 4.98 Å². The number of rotatable bonds is 3. The predicted octanol–water partition coefficient (Wildman–Crippen LogP) is 5.43. The maximum Gasteiger partial charge on any atom is 0.223 e. The van der Waals surface area contributed by atoms with E-state index < -0.39 is 0 Å². The summed E-state index contributed by atoms with van der Waals surface area (Å²) in [6.45, 7) is 0. The molecule has 19 heavy (non-hydrogen) atoms. The van der Waals surface area contributed by atoms with E-state index in [4.69, 9.17) is 4.74 Å². The number of nitrogens with zero attached hydrogens (tertiary/aromatic N) is 2. The molecule has 0 aliphatic heterocycles. The van der Waals surface area contributed by atoms with Gasteiger partial charge >= 0.3 is 0 Å². The standard InChI is InChI=1S/C13H9Br3N2O/c14-8-3-4-10(9(15)5-8)19-12-6-11(16)17-13(18-12)7-1-2-7/h3-7H,1-2H2. The lowest BCUT2D eigenvalue weighted by Gasteiger charge is -2.08. The Bertz CT molecular complexity index is 629. The molecule has 3 nitrogen and oxygen atoms in total. The molecule has 1 saturated carbocycles. The Kier molecular flexibility index (Phi) is 3.91. The van der Waals surface area contributed by atoms with Crippen molar-refractivity contribution in [1.29, 1.82) is 0 Å². The van der Waals surface area contributed by atoms with Gasteiger partial charge in [0.1, 0.15) is 16.2 Å². The van der Waals surface area contributed by atoms with Gasteiger partial charge < -0.3 is 4.74 Å². The number of halogens is 3. The minimum absolute atomic E-state index is 0.494. The van der Waals surface area contributed by atoms with Crippen molar-refractivity contribution in [2.75, 3.05) is 0 Å². The van der Waals surface area contributed by atoms with E-state index in [-0.39, 0.29) is 0 Å². The fourth-order valence-corrected chi connectivity index (χ4v) is 3.17. The highest BCUT2D eigenvalue weighted by atomic mass is 79.9. The highest BCUT2D eigenvalue weighted by molar-refractivity contribution is 9.11. The first-order valence-corrected chi connectivity index (χ1v) is 8.17. The summed E-state index contributed by atoms with van der Waals surface area (Å²) in [5.74, 6) is 2.65. The molecule has 0 amide bonds. The first-order valence-electron chi connectivity index (χ1n) is 5.79. The van der Waals surface area contributed by atoms with E-state index in [1.165, 1.54) is 0 Å². The summed E-state index contributed by atoms with van der Waals surface area (Å²) in [6.07, 6.45) is 2.33. The van der Waals surface area contributed by atoms with Crippen LogP contribution in [0.4, 0.5) is 0 Å². The van der Waals surface area contributed by atoms with Gasteiger partial charge in [0.25, 0.3) is 0 Å². The number of aromatic nitrogens is 2. The average molecular weight is 449 g/mol. The fourth-order valence-electron chi connectivity index (χ4n) is 1.66. The van der Waals surface area contributed by atoms with Crippen LogP contribution in [0, 0.1) is 0 Å². The molecule has 3 rings (SSSR count). The lowest BCUT2D eigenvalue weighted by atomic mass is 10.3. The van der Waals surface area contributed by atoms with Gasteiger partial charge in [-0.05, 0) is 62.9 Å². The van der Waals surface area contributed by atoms with Gasteiger partial charge in [0.2, 0.25) is 5.88 Å². The third-order valence-electron chi connectivity index (χ3n) is 2.74. The zero-order valence-corrected chi connectivity index (χ0v) is 14.5. The molecule has 1 fully saturated rings. The molecule has 1 aromatic carbocycles. The van der Waals surface area contributed by atoms with Crippen molar-refractivity contribution < 1.29 is 4.74 Å². The Morgan fingerprint density at radius 2 is 1.84 bits per heavy atom. The predicted molar refractivity (Wildman–Crippen MR) is 83.6 cm³/mol. The van der Waals surface area contributed by atoms with Crippen molar-refractivity contribution in [2.45, 2.75) is 18.8 Å². The second kappa shape index (κ2) is 5.50. The summed E-state index contributed by atoms with van der Waals surface area (Å²) >= 11 is 10.3. The Morgan fingerprint density at radius 3 is 2.53 bits per heavy atom. The minimum Gasteiger partial charge on any atom is -0.438 e. The molecule has 0 radical (unpaired) electrons. The topological polar surface area (TPSA) is 35.0 Å². The van der Waals surface area contributed by atoms with Crippen LogP contribution < -0.4 is 4.74 Å². The largest absolute Gasteiger partial charge is 0.438 e. The molecule has 98 valence electrons. The van der Waals surface area contributed by atoms with Crippen LogP contribution in [0.1, 0.15) is 24.6 Å². The quantitative estimate of drug-likeness (QED) is 0.587. The third-order valence-corrected chi connectivity index (χ3v) is 4.26. The van der Waals surface area contributed by atoms with E-state index in [2.05, 4.69) is 57.8 Å². The van der Waals surface area contributed by atoms with E-state index in [1.807, 2.05) is 18.2 Å². The molecule has 1 aromatic heterocycles. The zero-order valence-electron chi connectivity index (χ0n) is 9.74. The smallest absolute Gasteiger partial charge is 0.223 e. The average Bonchev–Trinajstić information content (AvgIpc) is 3.16. The molecule has 0 spiro atoms. The van der Waals surface area contributed by atoms with Crippen LogP contribution in [0.5, 0.6) is 11.6 Å². The SMILES string of the molecule is Brc1ccc(Oc2cc(Br)nc(C3CC3)n2)c(Br)c1. The molecule has 0 bridgehead atoms. The summed E-state index contributed by atoms with van der Waals surface area (Å²) in [5, 5.41) is 0. The molecule has 2 aromatic rings. The van der Waals surface area contributed by atoms with E-state index in [0.29, 0.717) is 11.8 Å². The first kappa shape index (κ1) is 13.5. The molecule has 0 saturated heterocycles. The minimum atomic E-state index is 0.494. The number of hydrogen-bond donors (Lipinski definition) is 0. The Morgan fingerprint density at radius 1 is 1.05 bits per heavy atom. The maximum absolute atomic E-state index is 5.81. The Balaban J connectivity index is 1.89. The number of benzene rings is 1. The van der Waals surface area contributed by atoms with Gasteiger partial charge in [0, 0.05) is 16.5 Å². The van der Waals surface area contributed by atoms with Crippen LogP contribution in [0.2, 0.25) is 0 Å². The van der Waals surface area contributed by atoms with Crippen molar-refractivity contribution in [1.82, 2.24) is 9.97 Å². The lowest BCUT2D eigenvalue weighted by Crippen LogP contribution is -1.96. The highest BCUT2D eigenvalue weighted by Crippen LogP contribution is 2.39. The number of hydrogen-bond acceptors (Lipinski definition) is 3. The van der Waals surface area contributed by atoms with E-state index in [0.717, 1.165) is 38.0 Å². The van der Waals surface area contributed by atoms with Gasteiger partial charge in [-0.15, -0.1) is 0 Å². The van der Waals surface area contributed by atoms with Crippen molar-refractivity contribution in [2.24, 2.45) is 0 Å². The first-order chi connectivity index (χ1) is 9.11. The van der Waals surface area contributed by atoms with Crippen LogP contribution in [0.15, 0.2) is 37.8 Å². The van der Waals surface area contributed by atoms with Crippen LogP contribution in [0.3, 0.4) is 0 Å². The van der Waals surface area contributed by atoms with Crippen LogP contribution in [0.25, 0.3) is 0 Å². The van der Waals surface area contributed by atoms with E-state index in [1.54, 1.807) is 6.07 Å². The third kappa shape index (κ3) is 3.35. The Hall–Kier alpha value is -0.460. The van der Waals surface area contributed by atoms with Crippen LogP contribution in [-0.4, -0.2) is 9.97 Å². The molecule has 6 heteroatoms. The van der Waals surface area contributed by atoms with E-state index >= 15 is 0 Å². The maximum atomic E-state index is 5.81. The highest BCUT2D eigenvalue weighted by Gasteiger charge is 2.27. The van der Waals surface area contributed by atoms with Crippen LogP contribution >= 0.6 is 47.8 Å². The zero-order chi connectivity index (χ0) is 13.4.